The number of oxime groups is 1. The molecule has 0 radical (unpaired) electrons. The van der Waals surface area contributed by atoms with Crippen LogP contribution in [0.25, 0.3) is 0 Å². The number of likely N-dealkylation sites (N-methyl/N-ethyl adjacent to an activating group) is 1. The Morgan fingerprint density at radius 3 is 3.05 bits per heavy atom. The molecule has 0 saturated carbocycles. The Morgan fingerprint density at radius 2 is 2.42 bits per heavy atom. The van der Waals surface area contributed by atoms with Crippen molar-refractivity contribution in [2.24, 2.45) is 10.9 Å². The van der Waals surface area contributed by atoms with E-state index in [0.29, 0.717) is 5.56 Å². The first-order valence-corrected chi connectivity index (χ1v) is 6.39. The second-order valence-electron chi connectivity index (χ2n) is 4.86. The van der Waals surface area contributed by atoms with Gasteiger partial charge in [0.05, 0.1) is 6.10 Å². The van der Waals surface area contributed by atoms with E-state index in [-0.39, 0.29) is 11.9 Å². The smallest absolute Gasteiger partial charge is 0.170 e. The van der Waals surface area contributed by atoms with Crippen LogP contribution in [0.1, 0.15) is 24.1 Å². The molecule has 1 aliphatic rings. The normalized spacial score (nSPS) is 19.7. The van der Waals surface area contributed by atoms with Crippen LogP contribution in [0.3, 0.4) is 0 Å². The maximum atomic E-state index is 8.75. The lowest BCUT2D eigenvalue weighted by Crippen LogP contribution is -2.29. The zero-order valence-corrected chi connectivity index (χ0v) is 11.3. The van der Waals surface area contributed by atoms with Crippen molar-refractivity contribution in [3.63, 3.8) is 0 Å². The molecular weight excluding hydrogens is 244 g/mol. The fraction of sp³-hybridized carbons (Fsp3) is 0.538. The monoisotopic (exact) mass is 264 g/mol. The molecule has 2 rings (SSSR count). The van der Waals surface area contributed by atoms with E-state index >= 15 is 0 Å². The Hall–Kier alpha value is -1.82. The second kappa shape index (κ2) is 5.88. The molecule has 1 saturated heterocycles. The topological polar surface area (TPSA) is 84.0 Å². The molecule has 3 N–H and O–H groups in total. The molecule has 1 aliphatic heterocycles. The van der Waals surface area contributed by atoms with Gasteiger partial charge >= 0.3 is 0 Å². The fourth-order valence-electron chi connectivity index (χ4n) is 2.24. The number of hydrogen-bond donors (Lipinski definition) is 2. The average molecular weight is 264 g/mol. The maximum Gasteiger partial charge on any atom is 0.170 e. The van der Waals surface area contributed by atoms with E-state index in [1.54, 1.807) is 6.07 Å². The van der Waals surface area contributed by atoms with Crippen LogP contribution >= 0.6 is 0 Å². The van der Waals surface area contributed by atoms with Gasteiger partial charge in [0.1, 0.15) is 5.82 Å². The zero-order chi connectivity index (χ0) is 13.8. The molecule has 1 fully saturated rings. The highest BCUT2D eigenvalue weighted by Crippen LogP contribution is 2.18. The Kier molecular flexibility index (Phi) is 4.21. The van der Waals surface area contributed by atoms with Crippen LogP contribution in [-0.4, -0.2) is 42.3 Å². The lowest BCUT2D eigenvalue weighted by molar-refractivity contribution is 0.116. The van der Waals surface area contributed by atoms with Crippen LogP contribution in [0.4, 0.5) is 5.82 Å². The molecule has 104 valence electrons. The molecular formula is C13H20N4O2. The molecule has 19 heavy (non-hydrogen) atoms. The van der Waals surface area contributed by atoms with Crippen molar-refractivity contribution in [3.8, 4) is 0 Å². The number of pyridine rings is 1. The molecule has 1 unspecified atom stereocenters. The molecule has 1 atom stereocenters. The first-order valence-electron chi connectivity index (χ1n) is 6.39. The largest absolute Gasteiger partial charge is 0.409 e. The molecule has 6 nitrogen and oxygen atoms in total. The van der Waals surface area contributed by atoms with Crippen LogP contribution in [0.2, 0.25) is 0 Å². The van der Waals surface area contributed by atoms with Gasteiger partial charge in [-0.2, -0.15) is 0 Å². The number of ether oxygens (including phenoxy) is 1. The third-order valence-corrected chi connectivity index (χ3v) is 3.24. The van der Waals surface area contributed by atoms with E-state index in [9.17, 15) is 0 Å². The molecule has 1 aromatic rings. The summed E-state index contributed by atoms with van der Waals surface area (Å²) in [7, 11) is 1.97. The van der Waals surface area contributed by atoms with E-state index in [1.807, 2.05) is 24.9 Å². The third-order valence-electron chi connectivity index (χ3n) is 3.24. The molecule has 1 aromatic heterocycles. The van der Waals surface area contributed by atoms with E-state index in [2.05, 4.69) is 10.1 Å². The first kappa shape index (κ1) is 13.6. The Labute approximate surface area is 112 Å². The van der Waals surface area contributed by atoms with Gasteiger partial charge in [-0.25, -0.2) is 4.98 Å². The van der Waals surface area contributed by atoms with Gasteiger partial charge in [-0.15, -0.1) is 0 Å². The van der Waals surface area contributed by atoms with Crippen molar-refractivity contribution in [1.82, 2.24) is 4.98 Å². The second-order valence-corrected chi connectivity index (χ2v) is 4.86. The summed E-state index contributed by atoms with van der Waals surface area (Å²) in [4.78, 5) is 6.51. The van der Waals surface area contributed by atoms with Gasteiger partial charge in [0.15, 0.2) is 5.84 Å². The molecule has 0 bridgehead atoms. The molecule has 2 heterocycles. The molecule has 0 aliphatic carbocycles. The zero-order valence-electron chi connectivity index (χ0n) is 11.3. The van der Waals surface area contributed by atoms with Crippen molar-refractivity contribution in [2.75, 3.05) is 25.1 Å². The van der Waals surface area contributed by atoms with Crippen molar-refractivity contribution in [3.05, 3.63) is 23.4 Å². The summed E-state index contributed by atoms with van der Waals surface area (Å²) < 4.78 is 5.62. The summed E-state index contributed by atoms with van der Waals surface area (Å²) in [5, 5.41) is 11.8. The van der Waals surface area contributed by atoms with Crippen molar-refractivity contribution < 1.29 is 9.94 Å². The van der Waals surface area contributed by atoms with E-state index in [0.717, 1.165) is 37.5 Å². The summed E-state index contributed by atoms with van der Waals surface area (Å²) >= 11 is 0. The quantitative estimate of drug-likeness (QED) is 0.368. The molecule has 0 spiro atoms. The summed E-state index contributed by atoms with van der Waals surface area (Å²) in [5.74, 6) is 0.898. The lowest BCUT2D eigenvalue weighted by Gasteiger charge is -2.22. The number of nitrogens with zero attached hydrogens (tertiary/aromatic N) is 3. The highest BCUT2D eigenvalue weighted by molar-refractivity contribution is 5.97. The number of anilines is 1. The fourth-order valence-corrected chi connectivity index (χ4v) is 2.24. The molecule has 0 amide bonds. The first-order chi connectivity index (χ1) is 9.10. The highest BCUT2D eigenvalue weighted by atomic mass is 16.5. The molecule has 6 heteroatoms. The summed E-state index contributed by atoms with van der Waals surface area (Å²) in [6.07, 6.45) is 2.47. The highest BCUT2D eigenvalue weighted by Gasteiger charge is 2.18. The van der Waals surface area contributed by atoms with Gasteiger partial charge in [-0.05, 0) is 31.9 Å². The van der Waals surface area contributed by atoms with Gasteiger partial charge in [0, 0.05) is 31.5 Å². The number of hydrogen-bond acceptors (Lipinski definition) is 5. The predicted octanol–water partition coefficient (Wildman–Crippen LogP) is 1.10. The number of nitrogens with two attached hydrogens (primary N) is 1. The van der Waals surface area contributed by atoms with Crippen LogP contribution in [0.15, 0.2) is 17.3 Å². The summed E-state index contributed by atoms with van der Waals surface area (Å²) in [6.45, 7) is 3.53. The summed E-state index contributed by atoms with van der Waals surface area (Å²) in [6, 6.07) is 3.61. The predicted molar refractivity (Wildman–Crippen MR) is 73.7 cm³/mol. The number of amidine groups is 1. The maximum absolute atomic E-state index is 8.75. The van der Waals surface area contributed by atoms with Crippen LogP contribution < -0.4 is 10.6 Å². The van der Waals surface area contributed by atoms with Gasteiger partial charge in [-0.1, -0.05) is 5.16 Å². The van der Waals surface area contributed by atoms with Crippen LogP contribution in [0.5, 0.6) is 0 Å². The van der Waals surface area contributed by atoms with E-state index in [1.165, 1.54) is 0 Å². The van der Waals surface area contributed by atoms with Crippen molar-refractivity contribution in [1.29, 1.82) is 0 Å². The van der Waals surface area contributed by atoms with Crippen molar-refractivity contribution >= 4 is 11.7 Å². The number of aryl methyl sites for hydroxylation is 1. The minimum absolute atomic E-state index is 0.0947. The third kappa shape index (κ3) is 3.35. The summed E-state index contributed by atoms with van der Waals surface area (Å²) in [5.41, 5.74) is 7.13. The van der Waals surface area contributed by atoms with Gasteiger partial charge < -0.3 is 20.6 Å². The SMILES string of the molecule is Cc1cc(/C(N)=N/O)cc(N(C)CC2CCCO2)n1. The van der Waals surface area contributed by atoms with E-state index in [4.69, 9.17) is 15.7 Å². The van der Waals surface area contributed by atoms with Gasteiger partial charge in [0.2, 0.25) is 0 Å². The van der Waals surface area contributed by atoms with E-state index < -0.39 is 0 Å². The lowest BCUT2D eigenvalue weighted by atomic mass is 10.2. The molecule has 0 aromatic carbocycles. The van der Waals surface area contributed by atoms with Crippen LogP contribution in [0, 0.1) is 6.92 Å². The number of aromatic nitrogens is 1. The van der Waals surface area contributed by atoms with Crippen molar-refractivity contribution in [2.45, 2.75) is 25.9 Å². The van der Waals surface area contributed by atoms with Crippen LogP contribution in [-0.2, 0) is 4.74 Å². The minimum Gasteiger partial charge on any atom is -0.409 e. The standard InChI is InChI=1S/C13H20N4O2/c1-9-6-10(13(14)16-18)7-12(15-9)17(2)8-11-4-3-5-19-11/h6-7,11,18H,3-5,8H2,1-2H3,(H2,14,16). The Morgan fingerprint density at radius 1 is 1.63 bits per heavy atom. The van der Waals surface area contributed by atoms with Gasteiger partial charge in [-0.3, -0.25) is 0 Å². The average Bonchev–Trinajstić information content (AvgIpc) is 2.89. The van der Waals surface area contributed by atoms with Gasteiger partial charge in [0.25, 0.3) is 0 Å². The minimum atomic E-state index is 0.0947. The Balaban J connectivity index is 2.16. The Bertz CT molecular complexity index is 470. The number of rotatable bonds is 4.